The first-order valence-corrected chi connectivity index (χ1v) is 3.82. The number of hydrogen-bond acceptors (Lipinski definition) is 8. The molecule has 1 aliphatic rings. The summed E-state index contributed by atoms with van der Waals surface area (Å²) in [6.45, 7) is -0.670. The van der Waals surface area contributed by atoms with Gasteiger partial charge in [-0.3, -0.25) is 0 Å². The minimum Gasteiger partial charge on any atom is -0.394 e. The van der Waals surface area contributed by atoms with Crippen LogP contribution in [0, 0.1) is 0 Å². The summed E-state index contributed by atoms with van der Waals surface area (Å²) in [5, 5.41) is 53.7. The summed E-state index contributed by atoms with van der Waals surface area (Å²) in [5.74, 6) is -2.83. The molecule has 0 saturated carbocycles. The Morgan fingerprint density at radius 2 is 1.86 bits per heavy atom. The highest BCUT2D eigenvalue weighted by atomic mass is 17.1. The van der Waals surface area contributed by atoms with Gasteiger partial charge in [-0.1, -0.05) is 0 Å². The van der Waals surface area contributed by atoms with E-state index in [1.165, 1.54) is 0 Å². The molecule has 14 heavy (non-hydrogen) atoms. The first kappa shape index (κ1) is 11.8. The van der Waals surface area contributed by atoms with Gasteiger partial charge >= 0.3 is 0 Å². The van der Waals surface area contributed by atoms with E-state index in [4.69, 9.17) is 15.5 Å². The fourth-order valence-corrected chi connectivity index (χ4v) is 1.19. The van der Waals surface area contributed by atoms with Gasteiger partial charge in [-0.15, -0.1) is 0 Å². The quantitative estimate of drug-likeness (QED) is 0.158. The molecule has 0 aromatic carbocycles. The Morgan fingerprint density at radius 1 is 1.29 bits per heavy atom. The van der Waals surface area contributed by atoms with E-state index < -0.39 is 37.0 Å². The zero-order chi connectivity index (χ0) is 10.9. The molecular formula is C6H12O8. The molecule has 0 aliphatic carbocycles. The second kappa shape index (κ2) is 4.04. The van der Waals surface area contributed by atoms with E-state index in [9.17, 15) is 15.3 Å². The third kappa shape index (κ3) is 1.62. The molecule has 1 aliphatic heterocycles. The Bertz CT molecular complexity index is 198. The molecule has 0 aromatic heterocycles. The molecule has 1 saturated heterocycles. The van der Waals surface area contributed by atoms with Gasteiger partial charge in [-0.2, -0.15) is 4.89 Å². The predicted molar refractivity (Wildman–Crippen MR) is 38.6 cm³/mol. The van der Waals surface area contributed by atoms with Gasteiger partial charge in [0.1, 0.15) is 18.3 Å². The molecule has 0 bridgehead atoms. The van der Waals surface area contributed by atoms with E-state index in [-0.39, 0.29) is 0 Å². The van der Waals surface area contributed by atoms with Crippen LogP contribution >= 0.6 is 0 Å². The Balaban J connectivity index is 2.84. The Hall–Kier alpha value is -0.320. The summed E-state index contributed by atoms with van der Waals surface area (Å²) >= 11 is 0. The van der Waals surface area contributed by atoms with Crippen LogP contribution in [-0.4, -0.2) is 67.8 Å². The molecule has 8 nitrogen and oxygen atoms in total. The fraction of sp³-hybridized carbons (Fsp3) is 1.00. The minimum absolute atomic E-state index is 0.670. The average molecular weight is 212 g/mol. The van der Waals surface area contributed by atoms with Crippen LogP contribution in [0.4, 0.5) is 0 Å². The van der Waals surface area contributed by atoms with E-state index in [2.05, 4.69) is 9.62 Å². The predicted octanol–water partition coefficient (Wildman–Crippen LogP) is -3.40. The lowest BCUT2D eigenvalue weighted by Gasteiger charge is -2.43. The largest absolute Gasteiger partial charge is 0.394 e. The Labute approximate surface area is 78.5 Å². The highest BCUT2D eigenvalue weighted by Crippen LogP contribution is 2.28. The number of rotatable bonds is 2. The van der Waals surface area contributed by atoms with E-state index in [1.807, 2.05) is 0 Å². The summed E-state index contributed by atoms with van der Waals surface area (Å²) in [6, 6.07) is 0. The number of hydrogen-bond donors (Lipinski definition) is 6. The van der Waals surface area contributed by atoms with Crippen molar-refractivity contribution in [2.24, 2.45) is 0 Å². The lowest BCUT2D eigenvalue weighted by Crippen LogP contribution is -2.67. The van der Waals surface area contributed by atoms with Gasteiger partial charge in [0.25, 0.3) is 5.79 Å². The number of aliphatic hydroxyl groups excluding tert-OH is 4. The molecule has 1 fully saturated rings. The summed E-state index contributed by atoms with van der Waals surface area (Å²) in [7, 11) is 0. The number of ether oxygens (including phenoxy) is 1. The van der Waals surface area contributed by atoms with E-state index in [0.29, 0.717) is 0 Å². The average Bonchev–Trinajstić information content (AvgIpc) is 2.20. The topological polar surface area (TPSA) is 140 Å². The van der Waals surface area contributed by atoms with Crippen molar-refractivity contribution in [3.05, 3.63) is 0 Å². The summed E-state index contributed by atoms with van der Waals surface area (Å²) < 4.78 is 4.49. The summed E-state index contributed by atoms with van der Waals surface area (Å²) in [4.78, 5) is 3.46. The standard InChI is InChI=1S/C6H12O8/c7-1-2-3(8)4(9)6(11,14-12)5(10)13-2/h2-5,7-12H,1H2/t2-,3+,4+,5?,6-/m1/s1. The van der Waals surface area contributed by atoms with Gasteiger partial charge in [-0.25, -0.2) is 5.26 Å². The zero-order valence-corrected chi connectivity index (χ0v) is 7.02. The van der Waals surface area contributed by atoms with Gasteiger partial charge in [0.05, 0.1) is 6.61 Å². The maximum Gasteiger partial charge on any atom is 0.278 e. The normalized spacial score (nSPS) is 49.3. The zero-order valence-electron chi connectivity index (χ0n) is 7.02. The maximum atomic E-state index is 9.26. The highest BCUT2D eigenvalue weighted by molar-refractivity contribution is 4.93. The smallest absolute Gasteiger partial charge is 0.278 e. The monoisotopic (exact) mass is 212 g/mol. The van der Waals surface area contributed by atoms with Crippen molar-refractivity contribution in [3.8, 4) is 0 Å². The van der Waals surface area contributed by atoms with Crippen LogP contribution in [0.5, 0.6) is 0 Å². The maximum absolute atomic E-state index is 9.26. The molecule has 0 aromatic rings. The van der Waals surface area contributed by atoms with E-state index in [0.717, 1.165) is 0 Å². The van der Waals surface area contributed by atoms with Crippen LogP contribution in [0.1, 0.15) is 0 Å². The molecule has 0 radical (unpaired) electrons. The van der Waals surface area contributed by atoms with Crippen molar-refractivity contribution in [2.45, 2.75) is 30.4 Å². The SMILES string of the molecule is OC[C@H]1OC(O)[C@](O)(OO)[C@@H](O)[C@H]1O. The van der Waals surface area contributed by atoms with Crippen molar-refractivity contribution >= 4 is 0 Å². The van der Waals surface area contributed by atoms with Crippen LogP contribution in [-0.2, 0) is 9.62 Å². The summed E-state index contributed by atoms with van der Waals surface area (Å²) in [5.41, 5.74) is 0. The molecular weight excluding hydrogens is 200 g/mol. The molecule has 6 N–H and O–H groups in total. The molecule has 5 atom stereocenters. The Kier molecular flexibility index (Phi) is 3.40. The lowest BCUT2D eigenvalue weighted by atomic mass is 9.96. The van der Waals surface area contributed by atoms with Gasteiger partial charge in [0, 0.05) is 0 Å². The van der Waals surface area contributed by atoms with Crippen LogP contribution in [0.15, 0.2) is 0 Å². The molecule has 0 amide bonds. The lowest BCUT2D eigenvalue weighted by molar-refractivity contribution is -0.490. The molecule has 0 spiro atoms. The van der Waals surface area contributed by atoms with Crippen molar-refractivity contribution in [2.75, 3.05) is 6.61 Å². The van der Waals surface area contributed by atoms with E-state index in [1.54, 1.807) is 0 Å². The fourth-order valence-electron chi connectivity index (χ4n) is 1.19. The molecule has 8 heteroatoms. The second-order valence-corrected chi connectivity index (χ2v) is 2.99. The first-order chi connectivity index (χ1) is 6.47. The van der Waals surface area contributed by atoms with Crippen LogP contribution in [0.25, 0.3) is 0 Å². The van der Waals surface area contributed by atoms with E-state index >= 15 is 0 Å². The Morgan fingerprint density at radius 3 is 2.29 bits per heavy atom. The van der Waals surface area contributed by atoms with Crippen molar-refractivity contribution in [1.82, 2.24) is 0 Å². The second-order valence-electron chi connectivity index (χ2n) is 2.99. The molecule has 1 rings (SSSR count). The first-order valence-electron chi connectivity index (χ1n) is 3.82. The van der Waals surface area contributed by atoms with Crippen molar-refractivity contribution < 1.29 is 40.4 Å². The van der Waals surface area contributed by atoms with Crippen molar-refractivity contribution in [1.29, 1.82) is 0 Å². The third-order valence-corrected chi connectivity index (χ3v) is 2.11. The molecule has 1 unspecified atom stereocenters. The summed E-state index contributed by atoms with van der Waals surface area (Å²) in [6.07, 6.45) is -7.05. The minimum atomic E-state index is -2.83. The van der Waals surface area contributed by atoms with Crippen LogP contribution in [0.3, 0.4) is 0 Å². The van der Waals surface area contributed by atoms with Crippen LogP contribution < -0.4 is 0 Å². The van der Waals surface area contributed by atoms with Gasteiger partial charge in [-0.05, 0) is 0 Å². The van der Waals surface area contributed by atoms with Crippen molar-refractivity contribution in [3.63, 3.8) is 0 Å². The highest BCUT2D eigenvalue weighted by Gasteiger charge is 2.56. The third-order valence-electron chi connectivity index (χ3n) is 2.11. The van der Waals surface area contributed by atoms with Gasteiger partial charge < -0.3 is 30.3 Å². The van der Waals surface area contributed by atoms with Gasteiger partial charge in [0.2, 0.25) is 6.29 Å². The van der Waals surface area contributed by atoms with Gasteiger partial charge in [0.15, 0.2) is 0 Å². The molecule has 84 valence electrons. The number of aliphatic hydroxyl groups is 5. The molecule has 1 heterocycles. The van der Waals surface area contributed by atoms with Crippen LogP contribution in [0.2, 0.25) is 0 Å².